The molecule has 35 heavy (non-hydrogen) atoms. The Bertz CT molecular complexity index is 1130. The minimum absolute atomic E-state index is 0.124. The molecule has 6 nitrogen and oxygen atoms in total. The number of carbonyl (C=O) groups excluding carboxylic acids is 1. The highest BCUT2D eigenvalue weighted by Crippen LogP contribution is 2.49. The third kappa shape index (κ3) is 4.40. The van der Waals surface area contributed by atoms with Gasteiger partial charge in [0.05, 0.1) is 18.4 Å². The van der Waals surface area contributed by atoms with Crippen LogP contribution in [0.3, 0.4) is 0 Å². The van der Waals surface area contributed by atoms with E-state index >= 15 is 0 Å². The summed E-state index contributed by atoms with van der Waals surface area (Å²) in [6, 6.07) is 11.5. The summed E-state index contributed by atoms with van der Waals surface area (Å²) in [4.78, 5) is 30.8. The van der Waals surface area contributed by atoms with E-state index in [0.29, 0.717) is 24.3 Å². The van der Waals surface area contributed by atoms with Crippen molar-refractivity contribution in [2.75, 3.05) is 26.2 Å². The van der Waals surface area contributed by atoms with Gasteiger partial charge in [0, 0.05) is 56.0 Å². The summed E-state index contributed by atoms with van der Waals surface area (Å²) in [7, 11) is 0. The molecule has 5 rings (SSSR count). The molecule has 1 aromatic heterocycles. The molecule has 2 bridgehead atoms. The highest BCUT2D eigenvalue weighted by molar-refractivity contribution is 5.81. The molecule has 188 valence electrons. The van der Waals surface area contributed by atoms with Crippen LogP contribution in [0.5, 0.6) is 0 Å². The van der Waals surface area contributed by atoms with Gasteiger partial charge in [0.1, 0.15) is 0 Å². The zero-order valence-corrected chi connectivity index (χ0v) is 19.5. The molecular formula is C26H30F3N3O3. The first-order valence-electron chi connectivity index (χ1n) is 12.3. The fraction of sp³-hybridized carbons (Fsp3) is 0.538. The van der Waals surface area contributed by atoms with E-state index in [9.17, 15) is 27.9 Å². The maximum Gasteiger partial charge on any atom is 0.390 e. The number of nitrogens with zero attached hydrogens (tertiary/aromatic N) is 3. The van der Waals surface area contributed by atoms with Crippen molar-refractivity contribution in [3.63, 3.8) is 0 Å². The van der Waals surface area contributed by atoms with Gasteiger partial charge in [0.15, 0.2) is 0 Å². The standard InChI is InChI=1S/C26H30F3N3O3/c27-26(28,29)11-14-31-21-15-32-20(10-9-18(24(32)34)17-7-3-1-4-8-17)23(31)22(19(21)16-33)25(35)30-12-5-2-6-13-30/h1,3-4,7-10,19,21-23,33H,2,5-6,11-16H2/t19-,21-,22+,23+/m0/s1. The lowest BCUT2D eigenvalue weighted by molar-refractivity contribution is -0.141. The van der Waals surface area contributed by atoms with Crippen LogP contribution in [-0.2, 0) is 11.3 Å². The van der Waals surface area contributed by atoms with E-state index < -0.39 is 36.5 Å². The number of fused-ring (bicyclic) bond motifs is 4. The zero-order chi connectivity index (χ0) is 24.7. The van der Waals surface area contributed by atoms with Crippen molar-refractivity contribution in [1.29, 1.82) is 0 Å². The number of halogens is 3. The van der Waals surface area contributed by atoms with E-state index in [1.807, 2.05) is 30.3 Å². The lowest BCUT2D eigenvalue weighted by Gasteiger charge is -2.39. The highest BCUT2D eigenvalue weighted by atomic mass is 19.4. The number of aromatic nitrogens is 1. The Balaban J connectivity index is 1.58. The van der Waals surface area contributed by atoms with Gasteiger partial charge < -0.3 is 14.6 Å². The van der Waals surface area contributed by atoms with Crippen molar-refractivity contribution in [3.05, 3.63) is 58.5 Å². The van der Waals surface area contributed by atoms with Crippen LogP contribution < -0.4 is 5.56 Å². The van der Waals surface area contributed by atoms with E-state index in [2.05, 4.69) is 0 Å². The number of pyridine rings is 1. The fourth-order valence-corrected chi connectivity index (χ4v) is 6.23. The minimum Gasteiger partial charge on any atom is -0.396 e. The molecule has 0 aliphatic carbocycles. The number of rotatable bonds is 5. The molecular weight excluding hydrogens is 459 g/mol. The van der Waals surface area contributed by atoms with Crippen LogP contribution in [0.25, 0.3) is 11.1 Å². The van der Waals surface area contributed by atoms with Crippen LogP contribution in [0.2, 0.25) is 0 Å². The maximum atomic E-state index is 13.7. The van der Waals surface area contributed by atoms with Gasteiger partial charge in [-0.15, -0.1) is 0 Å². The Morgan fingerprint density at radius 2 is 1.74 bits per heavy atom. The predicted molar refractivity (Wildman–Crippen MR) is 125 cm³/mol. The van der Waals surface area contributed by atoms with Crippen molar-refractivity contribution in [2.24, 2.45) is 11.8 Å². The molecule has 0 unspecified atom stereocenters. The van der Waals surface area contributed by atoms with Gasteiger partial charge >= 0.3 is 6.18 Å². The normalized spacial score (nSPS) is 26.6. The lowest BCUT2D eigenvalue weighted by atomic mass is 9.85. The highest BCUT2D eigenvalue weighted by Gasteiger charge is 2.56. The summed E-state index contributed by atoms with van der Waals surface area (Å²) < 4.78 is 41.2. The Hall–Kier alpha value is -2.65. The van der Waals surface area contributed by atoms with Crippen molar-refractivity contribution < 1.29 is 23.1 Å². The van der Waals surface area contributed by atoms with E-state index in [0.717, 1.165) is 24.8 Å². The van der Waals surface area contributed by atoms with Crippen LogP contribution in [0.4, 0.5) is 13.2 Å². The number of benzene rings is 1. The minimum atomic E-state index is -4.34. The Morgan fingerprint density at radius 3 is 2.40 bits per heavy atom. The van der Waals surface area contributed by atoms with Gasteiger partial charge in [-0.3, -0.25) is 14.5 Å². The summed E-state index contributed by atoms with van der Waals surface area (Å²) >= 11 is 0. The molecule has 1 amide bonds. The summed E-state index contributed by atoms with van der Waals surface area (Å²) in [5, 5.41) is 10.4. The third-order valence-corrected chi connectivity index (χ3v) is 7.86. The van der Waals surface area contributed by atoms with Gasteiger partial charge in [0.2, 0.25) is 5.91 Å². The van der Waals surface area contributed by atoms with Gasteiger partial charge in [-0.1, -0.05) is 30.3 Å². The molecule has 0 spiro atoms. The number of hydrogen-bond acceptors (Lipinski definition) is 4. The largest absolute Gasteiger partial charge is 0.396 e. The maximum absolute atomic E-state index is 13.7. The van der Waals surface area contributed by atoms with E-state index in [1.54, 1.807) is 26.5 Å². The van der Waals surface area contributed by atoms with Crippen LogP contribution >= 0.6 is 0 Å². The van der Waals surface area contributed by atoms with E-state index in [-0.39, 0.29) is 31.2 Å². The first-order valence-corrected chi connectivity index (χ1v) is 12.3. The summed E-state index contributed by atoms with van der Waals surface area (Å²) in [5.41, 5.74) is 1.61. The van der Waals surface area contributed by atoms with Crippen molar-refractivity contribution >= 4 is 5.91 Å². The quantitative estimate of drug-likeness (QED) is 0.699. The van der Waals surface area contributed by atoms with Gasteiger partial charge in [-0.25, -0.2) is 0 Å². The second-order valence-electron chi connectivity index (χ2n) is 9.83. The molecule has 9 heteroatoms. The number of piperidine rings is 1. The topological polar surface area (TPSA) is 65.8 Å². The molecule has 2 saturated heterocycles. The van der Waals surface area contributed by atoms with Gasteiger partial charge in [0.25, 0.3) is 5.56 Å². The van der Waals surface area contributed by atoms with Crippen molar-refractivity contribution in [3.8, 4) is 11.1 Å². The number of amides is 1. The average molecular weight is 490 g/mol. The lowest BCUT2D eigenvalue weighted by Crippen LogP contribution is -2.47. The Morgan fingerprint density at radius 1 is 1.03 bits per heavy atom. The fourth-order valence-electron chi connectivity index (χ4n) is 6.23. The second kappa shape index (κ2) is 9.43. The van der Waals surface area contributed by atoms with Crippen LogP contribution in [0.15, 0.2) is 47.3 Å². The van der Waals surface area contributed by atoms with E-state index in [1.165, 1.54) is 0 Å². The first kappa shape index (κ1) is 24.1. The molecule has 4 heterocycles. The Kier molecular flexibility index (Phi) is 6.48. The summed E-state index contributed by atoms with van der Waals surface area (Å²) in [5.74, 6) is -1.35. The van der Waals surface area contributed by atoms with Gasteiger partial charge in [-0.05, 0) is 37.0 Å². The molecule has 1 N–H and O–H groups in total. The number of aliphatic hydroxyl groups excluding tert-OH is 1. The predicted octanol–water partition coefficient (Wildman–Crippen LogP) is 3.44. The smallest absolute Gasteiger partial charge is 0.390 e. The summed E-state index contributed by atoms with van der Waals surface area (Å²) in [6.07, 6.45) is -2.51. The monoisotopic (exact) mass is 489 g/mol. The molecule has 3 aliphatic heterocycles. The van der Waals surface area contributed by atoms with Crippen molar-refractivity contribution in [1.82, 2.24) is 14.4 Å². The Labute approximate surface area is 202 Å². The third-order valence-electron chi connectivity index (χ3n) is 7.86. The number of hydrogen-bond donors (Lipinski definition) is 1. The molecule has 0 radical (unpaired) electrons. The van der Waals surface area contributed by atoms with Crippen LogP contribution in [0.1, 0.15) is 37.4 Å². The second-order valence-corrected chi connectivity index (χ2v) is 9.83. The molecule has 0 saturated carbocycles. The molecule has 1 aromatic carbocycles. The summed E-state index contributed by atoms with van der Waals surface area (Å²) in [6.45, 7) is 0.800. The molecule has 2 aromatic rings. The molecule has 2 fully saturated rings. The van der Waals surface area contributed by atoms with Gasteiger partial charge in [-0.2, -0.15) is 13.2 Å². The van der Waals surface area contributed by atoms with Crippen molar-refractivity contribution in [2.45, 2.75) is 50.5 Å². The molecule has 3 aliphatic rings. The van der Waals surface area contributed by atoms with E-state index in [4.69, 9.17) is 0 Å². The van der Waals surface area contributed by atoms with Crippen LogP contribution in [0, 0.1) is 11.8 Å². The van der Waals surface area contributed by atoms with Crippen LogP contribution in [-0.4, -0.2) is 63.8 Å². The number of alkyl halides is 3. The number of likely N-dealkylation sites (tertiary alicyclic amines) is 1. The number of carbonyl (C=O) groups is 1. The first-order chi connectivity index (χ1) is 16.8. The average Bonchev–Trinajstić information content (AvgIpc) is 3.08. The molecule has 4 atom stereocenters. The zero-order valence-electron chi connectivity index (χ0n) is 19.5. The number of aliphatic hydroxyl groups is 1. The SMILES string of the molecule is O=C([C@@H]1[C@@H](CO)[C@@H]2Cn3c(ccc(-c4ccccc4)c3=O)[C@H]1N2CCC(F)(F)F)N1CCCCC1.